The third kappa shape index (κ3) is 3.76. The van der Waals surface area contributed by atoms with E-state index in [0.717, 1.165) is 0 Å². The molecule has 1 heterocycles. The van der Waals surface area contributed by atoms with Crippen molar-refractivity contribution in [1.82, 2.24) is 5.32 Å². The molecule has 130 valence electrons. The molecule has 8 nitrogen and oxygen atoms in total. The van der Waals surface area contributed by atoms with Gasteiger partial charge in [-0.25, -0.2) is 0 Å². The summed E-state index contributed by atoms with van der Waals surface area (Å²) in [6.07, 6.45) is 0.0255. The van der Waals surface area contributed by atoms with Crippen LogP contribution in [0.15, 0.2) is 18.2 Å². The maximum Gasteiger partial charge on any atom is 0.325 e. The summed E-state index contributed by atoms with van der Waals surface area (Å²) in [7, 11) is 3.02. The van der Waals surface area contributed by atoms with Crippen molar-refractivity contribution in [3.8, 4) is 11.5 Å². The van der Waals surface area contributed by atoms with Gasteiger partial charge in [-0.05, 0) is 6.92 Å². The number of aliphatic carboxylic acids is 1. The van der Waals surface area contributed by atoms with Crippen LogP contribution in [-0.4, -0.2) is 49.7 Å². The lowest BCUT2D eigenvalue weighted by molar-refractivity contribution is -0.141. The lowest BCUT2D eigenvalue weighted by Crippen LogP contribution is -2.42. The summed E-state index contributed by atoms with van der Waals surface area (Å²) in [5, 5.41) is 11.2. The van der Waals surface area contributed by atoms with Crippen molar-refractivity contribution in [2.75, 3.05) is 25.7 Å². The fraction of sp³-hybridized carbons (Fsp3) is 0.438. The third-order valence-corrected chi connectivity index (χ3v) is 3.87. The molecule has 2 N–H and O–H groups in total. The van der Waals surface area contributed by atoms with Crippen LogP contribution in [0.5, 0.6) is 11.5 Å². The van der Waals surface area contributed by atoms with Crippen LogP contribution in [-0.2, 0) is 14.4 Å². The van der Waals surface area contributed by atoms with E-state index in [9.17, 15) is 14.4 Å². The minimum atomic E-state index is -1.12. The molecule has 1 aliphatic rings. The highest BCUT2D eigenvalue weighted by atomic mass is 16.5. The number of ether oxygens (including phenoxy) is 2. The number of hydrogen-bond acceptors (Lipinski definition) is 5. The van der Waals surface area contributed by atoms with Gasteiger partial charge in [-0.1, -0.05) is 0 Å². The predicted octanol–water partition coefficient (Wildman–Crippen LogP) is 0.646. The Kier molecular flexibility index (Phi) is 5.28. The Morgan fingerprint density at radius 3 is 2.33 bits per heavy atom. The molecule has 1 aliphatic heterocycles. The van der Waals surface area contributed by atoms with Gasteiger partial charge in [0.05, 0.1) is 25.8 Å². The number of amides is 2. The highest BCUT2D eigenvalue weighted by Gasteiger charge is 2.36. The normalized spacial score (nSPS) is 18.2. The summed E-state index contributed by atoms with van der Waals surface area (Å²) >= 11 is 0. The molecule has 8 heteroatoms. The second-order valence-corrected chi connectivity index (χ2v) is 5.54. The summed E-state index contributed by atoms with van der Waals surface area (Å²) in [5.74, 6) is -1.32. The molecule has 1 saturated heterocycles. The maximum absolute atomic E-state index is 12.3. The van der Waals surface area contributed by atoms with Crippen molar-refractivity contribution in [2.24, 2.45) is 5.92 Å². The van der Waals surface area contributed by atoms with E-state index in [-0.39, 0.29) is 18.9 Å². The first-order chi connectivity index (χ1) is 11.3. The number of carbonyl (C=O) groups excluding carboxylic acids is 2. The third-order valence-electron chi connectivity index (χ3n) is 3.87. The van der Waals surface area contributed by atoms with Crippen molar-refractivity contribution in [3.63, 3.8) is 0 Å². The topological polar surface area (TPSA) is 105 Å². The fourth-order valence-electron chi connectivity index (χ4n) is 2.47. The number of anilines is 1. The molecule has 2 unspecified atom stereocenters. The summed E-state index contributed by atoms with van der Waals surface area (Å²) < 4.78 is 10.4. The standard InChI is InChI=1S/C16H20N2O6/c1-9(16(21)22)17-15(20)10-4-14(19)18(8-10)11-5-12(23-2)7-13(6-11)24-3/h5-7,9-10H,4,8H2,1-3H3,(H,17,20)(H,21,22). The van der Waals surface area contributed by atoms with Crippen molar-refractivity contribution in [3.05, 3.63) is 18.2 Å². The molecule has 24 heavy (non-hydrogen) atoms. The monoisotopic (exact) mass is 336 g/mol. The van der Waals surface area contributed by atoms with Gasteiger partial charge in [-0.2, -0.15) is 0 Å². The van der Waals surface area contributed by atoms with Gasteiger partial charge in [-0.15, -0.1) is 0 Å². The summed E-state index contributed by atoms with van der Waals surface area (Å²) in [6.45, 7) is 1.55. The molecule has 0 aromatic heterocycles. The van der Waals surface area contributed by atoms with E-state index in [2.05, 4.69) is 5.32 Å². The van der Waals surface area contributed by atoms with Gasteiger partial charge in [0, 0.05) is 31.2 Å². The molecule has 0 aliphatic carbocycles. The number of carboxylic acid groups (broad SMARTS) is 1. The number of carboxylic acids is 1. The van der Waals surface area contributed by atoms with E-state index in [1.165, 1.54) is 26.0 Å². The molecular weight excluding hydrogens is 316 g/mol. The summed E-state index contributed by atoms with van der Waals surface area (Å²) in [6, 6.07) is 4.04. The van der Waals surface area contributed by atoms with Crippen LogP contribution in [0.1, 0.15) is 13.3 Å². The summed E-state index contributed by atoms with van der Waals surface area (Å²) in [5.41, 5.74) is 0.567. The van der Waals surface area contributed by atoms with Crippen molar-refractivity contribution in [2.45, 2.75) is 19.4 Å². The Labute approximate surface area is 139 Å². The first kappa shape index (κ1) is 17.6. The molecular formula is C16H20N2O6. The van der Waals surface area contributed by atoms with E-state index in [1.54, 1.807) is 18.2 Å². The average Bonchev–Trinajstić information content (AvgIpc) is 2.96. The number of carbonyl (C=O) groups is 3. The molecule has 0 bridgehead atoms. The zero-order chi connectivity index (χ0) is 17.9. The first-order valence-corrected chi connectivity index (χ1v) is 7.42. The molecule has 0 spiro atoms. The van der Waals surface area contributed by atoms with Gasteiger partial charge in [0.15, 0.2) is 0 Å². The van der Waals surface area contributed by atoms with Crippen LogP contribution in [0.2, 0.25) is 0 Å². The number of hydrogen-bond donors (Lipinski definition) is 2. The Bertz CT molecular complexity index is 638. The lowest BCUT2D eigenvalue weighted by atomic mass is 10.1. The average molecular weight is 336 g/mol. The fourth-order valence-corrected chi connectivity index (χ4v) is 2.47. The van der Waals surface area contributed by atoms with E-state index < -0.39 is 23.8 Å². The number of benzene rings is 1. The van der Waals surface area contributed by atoms with Gasteiger partial charge in [-0.3, -0.25) is 14.4 Å². The zero-order valence-electron chi connectivity index (χ0n) is 13.7. The largest absolute Gasteiger partial charge is 0.497 e. The van der Waals surface area contributed by atoms with E-state index in [0.29, 0.717) is 17.2 Å². The minimum absolute atomic E-state index is 0.0255. The maximum atomic E-state index is 12.3. The van der Waals surface area contributed by atoms with Crippen LogP contribution >= 0.6 is 0 Å². The molecule has 1 aromatic rings. The summed E-state index contributed by atoms with van der Waals surface area (Å²) in [4.78, 5) is 36.7. The van der Waals surface area contributed by atoms with E-state index in [4.69, 9.17) is 14.6 Å². The van der Waals surface area contributed by atoms with Crippen molar-refractivity contribution in [1.29, 1.82) is 0 Å². The van der Waals surface area contributed by atoms with Crippen molar-refractivity contribution >= 4 is 23.5 Å². The molecule has 0 radical (unpaired) electrons. The molecule has 2 rings (SSSR count). The van der Waals surface area contributed by atoms with E-state index >= 15 is 0 Å². The minimum Gasteiger partial charge on any atom is -0.497 e. The Hall–Kier alpha value is -2.77. The smallest absolute Gasteiger partial charge is 0.325 e. The second kappa shape index (κ2) is 7.20. The Morgan fingerprint density at radius 1 is 1.25 bits per heavy atom. The van der Waals surface area contributed by atoms with E-state index in [1.807, 2.05) is 0 Å². The highest BCUT2D eigenvalue weighted by molar-refractivity contribution is 6.01. The van der Waals surface area contributed by atoms with Crippen LogP contribution < -0.4 is 19.7 Å². The number of nitrogens with zero attached hydrogens (tertiary/aromatic N) is 1. The molecule has 0 saturated carbocycles. The SMILES string of the molecule is COc1cc(OC)cc(N2CC(C(=O)NC(C)C(=O)O)CC2=O)c1. The molecule has 1 aromatic carbocycles. The van der Waals surface area contributed by atoms with Crippen LogP contribution in [0.4, 0.5) is 5.69 Å². The Morgan fingerprint density at radius 2 is 1.83 bits per heavy atom. The van der Waals surface area contributed by atoms with Gasteiger partial charge >= 0.3 is 5.97 Å². The Balaban J connectivity index is 2.15. The lowest BCUT2D eigenvalue weighted by Gasteiger charge is -2.19. The van der Waals surface area contributed by atoms with Gasteiger partial charge < -0.3 is 24.8 Å². The zero-order valence-corrected chi connectivity index (χ0v) is 13.7. The number of methoxy groups -OCH3 is 2. The quantitative estimate of drug-likeness (QED) is 0.790. The van der Waals surface area contributed by atoms with Crippen LogP contribution in [0, 0.1) is 5.92 Å². The predicted molar refractivity (Wildman–Crippen MR) is 85.2 cm³/mol. The molecule has 2 atom stereocenters. The van der Waals surface area contributed by atoms with Crippen molar-refractivity contribution < 1.29 is 29.0 Å². The van der Waals surface area contributed by atoms with Gasteiger partial charge in [0.25, 0.3) is 0 Å². The highest BCUT2D eigenvalue weighted by Crippen LogP contribution is 2.32. The second-order valence-electron chi connectivity index (χ2n) is 5.54. The number of rotatable bonds is 6. The van der Waals surface area contributed by atoms with Gasteiger partial charge in [0.1, 0.15) is 17.5 Å². The van der Waals surface area contributed by atoms with Gasteiger partial charge in [0.2, 0.25) is 11.8 Å². The van der Waals surface area contributed by atoms with Crippen LogP contribution in [0.3, 0.4) is 0 Å². The number of nitrogens with one attached hydrogen (secondary N) is 1. The molecule has 2 amide bonds. The molecule has 1 fully saturated rings. The first-order valence-electron chi connectivity index (χ1n) is 7.42. The van der Waals surface area contributed by atoms with Crippen LogP contribution in [0.25, 0.3) is 0 Å².